The molecule has 4 rings (SSSR count). The second-order valence-electron chi connectivity index (χ2n) is 6.57. The lowest BCUT2D eigenvalue weighted by atomic mass is 9.88. The van der Waals surface area contributed by atoms with Gasteiger partial charge in [-0.15, -0.1) is 0 Å². The number of aromatic nitrogens is 1. The topological polar surface area (TPSA) is 55.1 Å². The molecule has 4 nitrogen and oxygen atoms in total. The monoisotopic (exact) mass is 368 g/mol. The van der Waals surface area contributed by atoms with Gasteiger partial charge in [0.15, 0.2) is 12.2 Å². The van der Waals surface area contributed by atoms with Gasteiger partial charge in [-0.25, -0.2) is 4.98 Å². The van der Waals surface area contributed by atoms with Crippen LogP contribution in [0.3, 0.4) is 0 Å². The summed E-state index contributed by atoms with van der Waals surface area (Å²) in [7, 11) is 0. The van der Waals surface area contributed by atoms with E-state index < -0.39 is 0 Å². The van der Waals surface area contributed by atoms with Gasteiger partial charge in [-0.3, -0.25) is 4.79 Å². The highest BCUT2D eigenvalue weighted by molar-refractivity contribution is 5.92. The number of rotatable bonds is 6. The minimum absolute atomic E-state index is 0.000133. The van der Waals surface area contributed by atoms with E-state index in [1.165, 1.54) is 6.39 Å². The van der Waals surface area contributed by atoms with Gasteiger partial charge in [-0.2, -0.15) is 0 Å². The molecular formula is C24H20N2O2. The molecule has 1 amide bonds. The van der Waals surface area contributed by atoms with Gasteiger partial charge in [-0.1, -0.05) is 72.8 Å². The molecule has 0 fully saturated rings. The average molecular weight is 368 g/mol. The van der Waals surface area contributed by atoms with Gasteiger partial charge < -0.3 is 9.73 Å². The number of anilines is 1. The molecule has 138 valence electrons. The second-order valence-corrected chi connectivity index (χ2v) is 6.57. The SMILES string of the molecule is O=C(CC(c1ccccc1)c1ccccc1)Nc1cccc(-c2cnco2)c1. The van der Waals surface area contributed by atoms with Crippen molar-refractivity contribution in [2.75, 3.05) is 5.32 Å². The van der Waals surface area contributed by atoms with Gasteiger partial charge in [0.1, 0.15) is 0 Å². The normalized spacial score (nSPS) is 10.8. The van der Waals surface area contributed by atoms with Crippen LogP contribution in [0.25, 0.3) is 11.3 Å². The number of oxazole rings is 1. The van der Waals surface area contributed by atoms with Crippen molar-refractivity contribution in [1.82, 2.24) is 4.98 Å². The molecule has 1 aromatic heterocycles. The van der Waals surface area contributed by atoms with E-state index in [0.717, 1.165) is 22.4 Å². The predicted octanol–water partition coefficient (Wildman–Crippen LogP) is 5.50. The number of nitrogens with one attached hydrogen (secondary N) is 1. The van der Waals surface area contributed by atoms with E-state index in [1.54, 1.807) is 6.20 Å². The van der Waals surface area contributed by atoms with Crippen molar-refractivity contribution in [3.05, 3.63) is 109 Å². The van der Waals surface area contributed by atoms with Gasteiger partial charge in [0.2, 0.25) is 5.91 Å². The van der Waals surface area contributed by atoms with Crippen LogP contribution >= 0.6 is 0 Å². The average Bonchev–Trinajstić information content (AvgIpc) is 3.29. The van der Waals surface area contributed by atoms with E-state index in [9.17, 15) is 4.79 Å². The highest BCUT2D eigenvalue weighted by Crippen LogP contribution is 2.29. The van der Waals surface area contributed by atoms with E-state index in [4.69, 9.17) is 4.42 Å². The zero-order valence-corrected chi connectivity index (χ0v) is 15.3. The Kier molecular flexibility index (Phi) is 5.29. The fourth-order valence-electron chi connectivity index (χ4n) is 3.30. The van der Waals surface area contributed by atoms with Gasteiger partial charge in [0, 0.05) is 23.6 Å². The first-order chi connectivity index (χ1) is 13.8. The Labute approximate surface area is 163 Å². The third kappa shape index (κ3) is 4.18. The van der Waals surface area contributed by atoms with Crippen molar-refractivity contribution in [2.45, 2.75) is 12.3 Å². The van der Waals surface area contributed by atoms with Crippen LogP contribution in [-0.4, -0.2) is 10.9 Å². The molecule has 0 atom stereocenters. The lowest BCUT2D eigenvalue weighted by molar-refractivity contribution is -0.116. The van der Waals surface area contributed by atoms with Crippen LogP contribution in [0.5, 0.6) is 0 Å². The van der Waals surface area contributed by atoms with Crippen molar-refractivity contribution in [1.29, 1.82) is 0 Å². The summed E-state index contributed by atoms with van der Waals surface area (Å²) in [4.78, 5) is 16.8. The largest absolute Gasteiger partial charge is 0.444 e. The Morgan fingerprint density at radius 2 is 1.57 bits per heavy atom. The highest BCUT2D eigenvalue weighted by Gasteiger charge is 2.18. The summed E-state index contributed by atoms with van der Waals surface area (Å²) in [6.45, 7) is 0. The lowest BCUT2D eigenvalue weighted by Gasteiger charge is -2.18. The van der Waals surface area contributed by atoms with E-state index in [2.05, 4.69) is 34.6 Å². The molecule has 0 aliphatic rings. The fourth-order valence-corrected chi connectivity index (χ4v) is 3.30. The highest BCUT2D eigenvalue weighted by atomic mass is 16.3. The molecule has 0 unspecified atom stereocenters. The van der Waals surface area contributed by atoms with Crippen LogP contribution < -0.4 is 5.32 Å². The van der Waals surface area contributed by atoms with Crippen molar-refractivity contribution in [3.63, 3.8) is 0 Å². The summed E-state index contributed by atoms with van der Waals surface area (Å²) in [6, 6.07) is 27.8. The van der Waals surface area contributed by atoms with Crippen molar-refractivity contribution in [3.8, 4) is 11.3 Å². The van der Waals surface area contributed by atoms with Crippen LogP contribution in [-0.2, 0) is 4.79 Å². The van der Waals surface area contributed by atoms with E-state index in [-0.39, 0.29) is 11.8 Å². The van der Waals surface area contributed by atoms with Gasteiger partial charge in [0.05, 0.1) is 6.20 Å². The van der Waals surface area contributed by atoms with Crippen LogP contribution in [0.2, 0.25) is 0 Å². The zero-order valence-electron chi connectivity index (χ0n) is 15.3. The number of amides is 1. The van der Waals surface area contributed by atoms with Crippen LogP contribution in [0.15, 0.2) is 102 Å². The summed E-state index contributed by atoms with van der Waals surface area (Å²) in [5.74, 6) is 0.634. The van der Waals surface area contributed by atoms with Crippen molar-refractivity contribution < 1.29 is 9.21 Å². The van der Waals surface area contributed by atoms with Crippen LogP contribution in [0.4, 0.5) is 5.69 Å². The molecule has 28 heavy (non-hydrogen) atoms. The fraction of sp³-hybridized carbons (Fsp3) is 0.0833. The smallest absolute Gasteiger partial charge is 0.225 e. The van der Waals surface area contributed by atoms with Crippen LogP contribution in [0.1, 0.15) is 23.5 Å². The number of hydrogen-bond donors (Lipinski definition) is 1. The molecule has 0 saturated heterocycles. The summed E-state index contributed by atoms with van der Waals surface area (Å²) in [6.07, 6.45) is 3.41. The Hall–Kier alpha value is -3.66. The van der Waals surface area contributed by atoms with Gasteiger partial charge in [0.25, 0.3) is 0 Å². The van der Waals surface area contributed by atoms with Crippen molar-refractivity contribution >= 4 is 11.6 Å². The molecule has 0 saturated carbocycles. The predicted molar refractivity (Wildman–Crippen MR) is 110 cm³/mol. The number of nitrogens with zero attached hydrogens (tertiary/aromatic N) is 1. The maximum Gasteiger partial charge on any atom is 0.225 e. The molecule has 4 heteroatoms. The Balaban J connectivity index is 1.53. The second kappa shape index (κ2) is 8.35. The van der Waals surface area contributed by atoms with Crippen LogP contribution in [0, 0.1) is 0 Å². The third-order valence-electron chi connectivity index (χ3n) is 4.66. The maximum atomic E-state index is 12.8. The molecule has 1 N–H and O–H groups in total. The van der Waals surface area contributed by atoms with E-state index in [1.807, 2.05) is 60.7 Å². The summed E-state index contributed by atoms with van der Waals surface area (Å²) in [5.41, 5.74) is 3.86. The molecule has 4 aromatic rings. The minimum atomic E-state index is -0.0348. The third-order valence-corrected chi connectivity index (χ3v) is 4.66. The molecular weight excluding hydrogens is 348 g/mol. The van der Waals surface area contributed by atoms with E-state index in [0.29, 0.717) is 12.2 Å². The van der Waals surface area contributed by atoms with Gasteiger partial charge >= 0.3 is 0 Å². The Morgan fingerprint density at radius 1 is 0.893 bits per heavy atom. The molecule has 3 aromatic carbocycles. The first kappa shape index (κ1) is 17.7. The minimum Gasteiger partial charge on any atom is -0.444 e. The number of benzene rings is 3. The molecule has 0 spiro atoms. The lowest BCUT2D eigenvalue weighted by Crippen LogP contribution is -2.16. The quantitative estimate of drug-likeness (QED) is 0.489. The Morgan fingerprint density at radius 3 is 2.18 bits per heavy atom. The summed E-state index contributed by atoms with van der Waals surface area (Å²) in [5, 5.41) is 3.01. The van der Waals surface area contributed by atoms with Crippen molar-refractivity contribution in [2.24, 2.45) is 0 Å². The van der Waals surface area contributed by atoms with Gasteiger partial charge in [-0.05, 0) is 23.3 Å². The molecule has 0 bridgehead atoms. The first-order valence-corrected chi connectivity index (χ1v) is 9.18. The zero-order chi connectivity index (χ0) is 19.2. The molecule has 0 aliphatic carbocycles. The molecule has 0 aliphatic heterocycles. The first-order valence-electron chi connectivity index (χ1n) is 9.18. The molecule has 1 heterocycles. The standard InChI is InChI=1S/C24H20N2O2/c27-24(26-21-13-7-12-20(14-21)23-16-25-17-28-23)15-22(18-8-3-1-4-9-18)19-10-5-2-6-11-19/h1-14,16-17,22H,15H2,(H,26,27). The Bertz CT molecular complexity index is 989. The molecule has 0 radical (unpaired) electrons. The number of hydrogen-bond acceptors (Lipinski definition) is 3. The summed E-state index contributed by atoms with van der Waals surface area (Å²) < 4.78 is 5.34. The number of carbonyl (C=O) groups is 1. The van der Waals surface area contributed by atoms with E-state index >= 15 is 0 Å². The number of carbonyl (C=O) groups excluding carboxylic acids is 1. The maximum absolute atomic E-state index is 12.8. The summed E-state index contributed by atoms with van der Waals surface area (Å²) >= 11 is 0.